The number of nitrogens with one attached hydrogen (secondary N) is 1. The number of ether oxygens (including phenoxy) is 1. The Labute approximate surface area is 129 Å². The molecule has 1 heterocycles. The van der Waals surface area contributed by atoms with E-state index in [9.17, 15) is 13.2 Å². The summed E-state index contributed by atoms with van der Waals surface area (Å²) in [5.74, 6) is -0.357. The van der Waals surface area contributed by atoms with Gasteiger partial charge in [0, 0.05) is 25.9 Å². The van der Waals surface area contributed by atoms with Crippen LogP contribution in [0.5, 0.6) is 0 Å². The van der Waals surface area contributed by atoms with Crippen LogP contribution in [-0.4, -0.2) is 45.4 Å². The van der Waals surface area contributed by atoms with Gasteiger partial charge in [-0.25, -0.2) is 8.42 Å². The molecule has 0 bridgehead atoms. The number of halogens is 1. The summed E-state index contributed by atoms with van der Waals surface area (Å²) in [5, 5.41) is 2.71. The van der Waals surface area contributed by atoms with E-state index in [0.29, 0.717) is 18.8 Å². The van der Waals surface area contributed by atoms with Crippen LogP contribution >= 0.6 is 11.6 Å². The lowest BCUT2D eigenvalue weighted by Gasteiger charge is -2.17. The zero-order valence-electron chi connectivity index (χ0n) is 11.6. The molecule has 0 atom stereocenters. The van der Waals surface area contributed by atoms with Gasteiger partial charge in [-0.2, -0.15) is 4.31 Å². The molecule has 2 rings (SSSR count). The molecule has 0 radical (unpaired) electrons. The monoisotopic (exact) mass is 332 g/mol. The van der Waals surface area contributed by atoms with Gasteiger partial charge in [0.1, 0.15) is 11.5 Å². The quantitative estimate of drug-likeness (QED) is 0.890. The molecule has 6 nitrogen and oxygen atoms in total. The van der Waals surface area contributed by atoms with Crippen LogP contribution in [-0.2, 0) is 19.6 Å². The first-order valence-corrected chi connectivity index (χ1v) is 8.35. The first-order chi connectivity index (χ1) is 9.95. The highest BCUT2D eigenvalue weighted by atomic mass is 35.5. The standard InChI is InChI=1S/C13H17ClN2O4S/c1-20-9-13(17)15-10-4-5-11(14)12(8-10)21(18,19)16-6-2-3-7-16/h4-5,8H,2-3,6-7,9H2,1H3,(H,15,17). The number of benzene rings is 1. The summed E-state index contributed by atoms with van der Waals surface area (Å²) in [5.41, 5.74) is 0.374. The van der Waals surface area contributed by atoms with Gasteiger partial charge in [0.2, 0.25) is 15.9 Å². The Bertz CT molecular complexity index is 627. The fourth-order valence-corrected chi connectivity index (χ4v) is 4.19. The van der Waals surface area contributed by atoms with Crippen molar-refractivity contribution in [3.8, 4) is 0 Å². The van der Waals surface area contributed by atoms with Gasteiger partial charge in [0.25, 0.3) is 0 Å². The molecule has 1 aromatic rings. The minimum absolute atomic E-state index is 0.0151. The minimum Gasteiger partial charge on any atom is -0.375 e. The predicted molar refractivity (Wildman–Crippen MR) is 80.0 cm³/mol. The van der Waals surface area contributed by atoms with Crippen LogP contribution in [0.3, 0.4) is 0 Å². The number of rotatable bonds is 5. The maximum Gasteiger partial charge on any atom is 0.250 e. The molecule has 1 aliphatic rings. The topological polar surface area (TPSA) is 75.7 Å². The number of nitrogens with zero attached hydrogens (tertiary/aromatic N) is 1. The highest BCUT2D eigenvalue weighted by Crippen LogP contribution is 2.29. The molecule has 116 valence electrons. The fraction of sp³-hybridized carbons (Fsp3) is 0.462. The summed E-state index contributed by atoms with van der Waals surface area (Å²) in [4.78, 5) is 11.5. The molecule has 1 fully saturated rings. The first-order valence-electron chi connectivity index (χ1n) is 6.53. The molecule has 0 unspecified atom stereocenters. The van der Waals surface area contributed by atoms with Crippen molar-refractivity contribution in [3.63, 3.8) is 0 Å². The third-order valence-electron chi connectivity index (χ3n) is 3.17. The van der Waals surface area contributed by atoms with E-state index in [1.54, 1.807) is 6.07 Å². The molecule has 1 aromatic carbocycles. The van der Waals surface area contributed by atoms with Crippen LogP contribution in [0, 0.1) is 0 Å². The minimum atomic E-state index is -3.62. The molecule has 0 aliphatic carbocycles. The Hall–Kier alpha value is -1.15. The van der Waals surface area contributed by atoms with Crippen LogP contribution in [0.1, 0.15) is 12.8 Å². The number of hydrogen-bond acceptors (Lipinski definition) is 4. The Morgan fingerprint density at radius 2 is 2.05 bits per heavy atom. The van der Waals surface area contributed by atoms with Crippen LogP contribution in [0.25, 0.3) is 0 Å². The van der Waals surface area contributed by atoms with Gasteiger partial charge in [0.15, 0.2) is 0 Å². The Balaban J connectivity index is 2.28. The van der Waals surface area contributed by atoms with Gasteiger partial charge in [-0.15, -0.1) is 0 Å². The third-order valence-corrected chi connectivity index (χ3v) is 5.55. The molecule has 0 saturated carbocycles. The second-order valence-electron chi connectivity index (χ2n) is 4.74. The first kappa shape index (κ1) is 16.2. The van der Waals surface area contributed by atoms with E-state index in [1.807, 2.05) is 0 Å². The fourth-order valence-electron chi connectivity index (χ4n) is 2.17. The summed E-state index contributed by atoms with van der Waals surface area (Å²) in [6.07, 6.45) is 1.70. The number of anilines is 1. The molecule has 1 saturated heterocycles. The number of carbonyl (C=O) groups excluding carboxylic acids is 1. The molecule has 8 heteroatoms. The Morgan fingerprint density at radius 3 is 2.67 bits per heavy atom. The Kier molecular flexibility index (Phi) is 5.21. The van der Waals surface area contributed by atoms with Gasteiger partial charge >= 0.3 is 0 Å². The molecular weight excluding hydrogens is 316 g/mol. The number of carbonyl (C=O) groups is 1. The zero-order valence-corrected chi connectivity index (χ0v) is 13.2. The van der Waals surface area contributed by atoms with Gasteiger partial charge in [-0.05, 0) is 31.0 Å². The van der Waals surface area contributed by atoms with Crippen molar-refractivity contribution >= 4 is 33.2 Å². The van der Waals surface area contributed by atoms with Gasteiger partial charge in [0.05, 0.1) is 5.02 Å². The summed E-state index contributed by atoms with van der Waals surface area (Å²) >= 11 is 6.01. The summed E-state index contributed by atoms with van der Waals surface area (Å²) < 4.78 is 31.2. The normalized spacial score (nSPS) is 16.1. The maximum atomic E-state index is 12.5. The SMILES string of the molecule is COCC(=O)Nc1ccc(Cl)c(S(=O)(=O)N2CCCC2)c1. The molecule has 1 aliphatic heterocycles. The van der Waals surface area contributed by atoms with Crippen molar-refractivity contribution in [1.29, 1.82) is 0 Å². The lowest BCUT2D eigenvalue weighted by molar-refractivity contribution is -0.119. The van der Waals surface area contributed by atoms with E-state index < -0.39 is 10.0 Å². The zero-order chi connectivity index (χ0) is 15.5. The molecule has 0 spiro atoms. The van der Waals surface area contributed by atoms with Crippen molar-refractivity contribution in [2.75, 3.05) is 32.1 Å². The van der Waals surface area contributed by atoms with Crippen molar-refractivity contribution < 1.29 is 17.9 Å². The van der Waals surface area contributed by atoms with Gasteiger partial charge in [-0.3, -0.25) is 4.79 Å². The van der Waals surface area contributed by atoms with Gasteiger partial charge < -0.3 is 10.1 Å². The number of sulfonamides is 1. The highest BCUT2D eigenvalue weighted by Gasteiger charge is 2.29. The van der Waals surface area contributed by atoms with Crippen molar-refractivity contribution in [2.45, 2.75) is 17.7 Å². The average molecular weight is 333 g/mol. The van der Waals surface area contributed by atoms with E-state index in [2.05, 4.69) is 5.32 Å². The summed E-state index contributed by atoms with van der Waals surface area (Å²) in [6, 6.07) is 4.40. The Morgan fingerprint density at radius 1 is 1.38 bits per heavy atom. The molecule has 1 amide bonds. The van der Waals surface area contributed by atoms with Crippen LogP contribution < -0.4 is 5.32 Å². The van der Waals surface area contributed by atoms with E-state index in [-0.39, 0.29) is 22.4 Å². The van der Waals surface area contributed by atoms with E-state index in [1.165, 1.54) is 23.5 Å². The number of amides is 1. The van der Waals surface area contributed by atoms with Crippen molar-refractivity contribution in [2.24, 2.45) is 0 Å². The summed E-state index contributed by atoms with van der Waals surface area (Å²) in [7, 11) is -2.21. The lowest BCUT2D eigenvalue weighted by atomic mass is 10.3. The smallest absolute Gasteiger partial charge is 0.250 e. The lowest BCUT2D eigenvalue weighted by Crippen LogP contribution is -2.28. The van der Waals surface area contributed by atoms with Gasteiger partial charge in [-0.1, -0.05) is 11.6 Å². The third kappa shape index (κ3) is 3.74. The molecule has 21 heavy (non-hydrogen) atoms. The average Bonchev–Trinajstić information content (AvgIpc) is 2.96. The van der Waals surface area contributed by atoms with Crippen LogP contribution in [0.15, 0.2) is 23.1 Å². The number of hydrogen-bond donors (Lipinski definition) is 1. The van der Waals surface area contributed by atoms with E-state index >= 15 is 0 Å². The second kappa shape index (κ2) is 6.74. The molecular formula is C13H17ClN2O4S. The van der Waals surface area contributed by atoms with Crippen LogP contribution in [0.4, 0.5) is 5.69 Å². The van der Waals surface area contributed by atoms with Crippen molar-refractivity contribution in [3.05, 3.63) is 23.2 Å². The highest BCUT2D eigenvalue weighted by molar-refractivity contribution is 7.89. The van der Waals surface area contributed by atoms with Crippen LogP contribution in [0.2, 0.25) is 5.02 Å². The maximum absolute atomic E-state index is 12.5. The van der Waals surface area contributed by atoms with E-state index in [4.69, 9.17) is 16.3 Å². The number of methoxy groups -OCH3 is 1. The largest absolute Gasteiger partial charge is 0.375 e. The van der Waals surface area contributed by atoms with Crippen molar-refractivity contribution in [1.82, 2.24) is 4.31 Å². The molecule has 0 aromatic heterocycles. The predicted octanol–water partition coefficient (Wildman–Crippen LogP) is 1.71. The molecule has 1 N–H and O–H groups in total. The van der Waals surface area contributed by atoms with E-state index in [0.717, 1.165) is 12.8 Å². The second-order valence-corrected chi connectivity index (χ2v) is 7.05. The summed E-state index contributed by atoms with van der Waals surface area (Å²) in [6.45, 7) is 0.898.